The van der Waals surface area contributed by atoms with Crippen LogP contribution < -0.4 is 0 Å². The zero-order valence-corrected chi connectivity index (χ0v) is 19.1. The van der Waals surface area contributed by atoms with Gasteiger partial charge in [0.05, 0.1) is 12.5 Å². The highest BCUT2D eigenvalue weighted by Gasteiger charge is 2.35. The fraction of sp³-hybridized carbons (Fsp3) is 0.286. The Morgan fingerprint density at radius 2 is 1.53 bits per heavy atom. The number of piperazine rings is 1. The second-order valence-electron chi connectivity index (χ2n) is 9.00. The molecule has 6 heteroatoms. The third kappa shape index (κ3) is 4.73. The van der Waals surface area contributed by atoms with E-state index in [0.717, 1.165) is 30.8 Å². The number of benzene rings is 3. The molecule has 0 unspecified atom stereocenters. The van der Waals surface area contributed by atoms with Crippen molar-refractivity contribution >= 4 is 11.8 Å². The predicted molar refractivity (Wildman–Crippen MR) is 128 cm³/mol. The van der Waals surface area contributed by atoms with Crippen LogP contribution >= 0.6 is 0 Å². The number of carbonyl (C=O) groups excluding carboxylic acids is 2. The Bertz CT molecular complexity index is 1160. The summed E-state index contributed by atoms with van der Waals surface area (Å²) in [5, 5.41) is 0. The van der Waals surface area contributed by atoms with Crippen LogP contribution in [0.15, 0.2) is 78.9 Å². The zero-order chi connectivity index (χ0) is 23.5. The molecule has 5 rings (SSSR count). The van der Waals surface area contributed by atoms with Gasteiger partial charge in [-0.3, -0.25) is 14.5 Å². The number of nitrogens with zero attached hydrogens (tertiary/aromatic N) is 3. The molecule has 34 heavy (non-hydrogen) atoms. The smallest absolute Gasteiger partial charge is 0.255 e. The Labute approximate surface area is 199 Å². The maximum absolute atomic E-state index is 13.6. The molecular weight excluding hydrogens is 429 g/mol. The average molecular weight is 458 g/mol. The molecule has 1 saturated heterocycles. The van der Waals surface area contributed by atoms with Crippen LogP contribution in [0.5, 0.6) is 0 Å². The lowest BCUT2D eigenvalue weighted by Gasteiger charge is -2.36. The van der Waals surface area contributed by atoms with Gasteiger partial charge in [-0.15, -0.1) is 0 Å². The van der Waals surface area contributed by atoms with Gasteiger partial charge in [0.25, 0.3) is 5.91 Å². The normalized spacial score (nSPS) is 17.0. The van der Waals surface area contributed by atoms with E-state index in [0.29, 0.717) is 25.2 Å². The van der Waals surface area contributed by atoms with Crippen molar-refractivity contribution in [2.24, 2.45) is 0 Å². The van der Waals surface area contributed by atoms with Crippen LogP contribution in [0.25, 0.3) is 0 Å². The number of hydrogen-bond donors (Lipinski definition) is 0. The largest absolute Gasteiger partial charge is 0.340 e. The molecule has 2 aliphatic heterocycles. The highest BCUT2D eigenvalue weighted by molar-refractivity contribution is 5.98. The number of rotatable bonds is 6. The van der Waals surface area contributed by atoms with E-state index in [-0.39, 0.29) is 24.1 Å². The van der Waals surface area contributed by atoms with Gasteiger partial charge in [-0.25, -0.2) is 4.39 Å². The SMILES string of the molecule is O=C(C[C@@H](c1ccc(F)cc1)N1Cc2ccccc2C1=O)N1CCN(Cc2ccccc2)CC1. The molecule has 0 saturated carbocycles. The first-order chi connectivity index (χ1) is 16.6. The van der Waals surface area contributed by atoms with Crippen molar-refractivity contribution in [3.63, 3.8) is 0 Å². The van der Waals surface area contributed by atoms with Crippen LogP contribution in [0.2, 0.25) is 0 Å². The van der Waals surface area contributed by atoms with Gasteiger partial charge in [-0.1, -0.05) is 60.7 Å². The van der Waals surface area contributed by atoms with E-state index in [1.807, 2.05) is 47.4 Å². The minimum absolute atomic E-state index is 0.0254. The van der Waals surface area contributed by atoms with Gasteiger partial charge < -0.3 is 9.80 Å². The summed E-state index contributed by atoms with van der Waals surface area (Å²) in [7, 11) is 0. The van der Waals surface area contributed by atoms with Crippen molar-refractivity contribution in [1.82, 2.24) is 14.7 Å². The average Bonchev–Trinajstić information content (AvgIpc) is 3.20. The molecule has 0 aromatic heterocycles. The van der Waals surface area contributed by atoms with Crippen molar-refractivity contribution in [3.8, 4) is 0 Å². The Hall–Kier alpha value is -3.51. The first kappa shape index (κ1) is 22.3. The third-order valence-corrected chi connectivity index (χ3v) is 6.82. The van der Waals surface area contributed by atoms with Crippen molar-refractivity contribution in [2.75, 3.05) is 26.2 Å². The molecular formula is C28H28FN3O2. The van der Waals surface area contributed by atoms with Crippen molar-refractivity contribution in [3.05, 3.63) is 107 Å². The van der Waals surface area contributed by atoms with Crippen molar-refractivity contribution in [1.29, 1.82) is 0 Å². The molecule has 1 fully saturated rings. The fourth-order valence-corrected chi connectivity index (χ4v) is 4.91. The Morgan fingerprint density at radius 1 is 0.853 bits per heavy atom. The number of halogens is 1. The molecule has 0 radical (unpaired) electrons. The maximum Gasteiger partial charge on any atom is 0.255 e. The molecule has 2 heterocycles. The van der Waals surface area contributed by atoms with Gasteiger partial charge in [-0.2, -0.15) is 0 Å². The van der Waals surface area contributed by atoms with E-state index in [1.165, 1.54) is 17.7 Å². The van der Waals surface area contributed by atoms with Crippen LogP contribution in [0.1, 0.15) is 39.5 Å². The second kappa shape index (κ2) is 9.77. The van der Waals surface area contributed by atoms with Crippen LogP contribution in [0.3, 0.4) is 0 Å². The lowest BCUT2D eigenvalue weighted by atomic mass is 10.0. The summed E-state index contributed by atoms with van der Waals surface area (Å²) in [5.74, 6) is -0.387. The lowest BCUT2D eigenvalue weighted by molar-refractivity contribution is -0.134. The summed E-state index contributed by atoms with van der Waals surface area (Å²) >= 11 is 0. The monoisotopic (exact) mass is 457 g/mol. The fourth-order valence-electron chi connectivity index (χ4n) is 4.91. The summed E-state index contributed by atoms with van der Waals surface area (Å²) in [6.07, 6.45) is 0.185. The molecule has 1 atom stereocenters. The minimum atomic E-state index is -0.435. The summed E-state index contributed by atoms with van der Waals surface area (Å²) in [6.45, 7) is 4.29. The molecule has 3 aromatic rings. The standard InChI is InChI=1S/C28H28FN3O2/c29-24-12-10-22(11-13-24)26(32-20-23-8-4-5-9-25(23)28(32)34)18-27(33)31-16-14-30(15-17-31)19-21-6-2-1-3-7-21/h1-13,26H,14-20H2/t26-/m0/s1. The highest BCUT2D eigenvalue weighted by Crippen LogP contribution is 2.34. The molecule has 0 spiro atoms. The number of hydrogen-bond acceptors (Lipinski definition) is 3. The van der Waals surface area contributed by atoms with E-state index in [1.54, 1.807) is 17.0 Å². The van der Waals surface area contributed by atoms with E-state index >= 15 is 0 Å². The maximum atomic E-state index is 13.6. The van der Waals surface area contributed by atoms with Gasteiger partial charge in [0, 0.05) is 44.8 Å². The Balaban J connectivity index is 1.28. The predicted octanol–water partition coefficient (Wildman–Crippen LogP) is 4.26. The summed E-state index contributed by atoms with van der Waals surface area (Å²) in [4.78, 5) is 32.5. The highest BCUT2D eigenvalue weighted by atomic mass is 19.1. The van der Waals surface area contributed by atoms with Crippen LogP contribution in [-0.2, 0) is 17.9 Å². The topological polar surface area (TPSA) is 43.9 Å². The molecule has 2 amide bonds. The summed E-state index contributed by atoms with van der Waals surface area (Å²) in [5.41, 5.74) is 3.68. The molecule has 0 bridgehead atoms. The summed E-state index contributed by atoms with van der Waals surface area (Å²) in [6, 6.07) is 23.6. The third-order valence-electron chi connectivity index (χ3n) is 6.82. The van der Waals surface area contributed by atoms with Crippen LogP contribution in [-0.4, -0.2) is 52.7 Å². The Kier molecular flexibility index (Phi) is 6.41. The first-order valence-corrected chi connectivity index (χ1v) is 11.8. The molecule has 174 valence electrons. The van der Waals surface area contributed by atoms with Crippen LogP contribution in [0, 0.1) is 5.82 Å². The lowest BCUT2D eigenvalue weighted by Crippen LogP contribution is -2.49. The van der Waals surface area contributed by atoms with Gasteiger partial charge in [-0.05, 0) is 34.9 Å². The van der Waals surface area contributed by atoms with Gasteiger partial charge >= 0.3 is 0 Å². The minimum Gasteiger partial charge on any atom is -0.340 e. The van der Waals surface area contributed by atoms with Gasteiger partial charge in [0.15, 0.2) is 0 Å². The van der Waals surface area contributed by atoms with Crippen molar-refractivity contribution in [2.45, 2.75) is 25.6 Å². The number of amides is 2. The number of fused-ring (bicyclic) bond motifs is 1. The molecule has 3 aromatic carbocycles. The zero-order valence-electron chi connectivity index (χ0n) is 19.1. The molecule has 5 nitrogen and oxygen atoms in total. The Morgan fingerprint density at radius 3 is 2.24 bits per heavy atom. The van der Waals surface area contributed by atoms with E-state index in [4.69, 9.17) is 0 Å². The second-order valence-corrected chi connectivity index (χ2v) is 9.00. The summed E-state index contributed by atoms with van der Waals surface area (Å²) < 4.78 is 13.6. The van der Waals surface area contributed by atoms with Crippen molar-refractivity contribution < 1.29 is 14.0 Å². The van der Waals surface area contributed by atoms with Gasteiger partial charge in [0.2, 0.25) is 5.91 Å². The van der Waals surface area contributed by atoms with Crippen LogP contribution in [0.4, 0.5) is 4.39 Å². The number of carbonyl (C=O) groups is 2. The first-order valence-electron chi connectivity index (χ1n) is 11.8. The van der Waals surface area contributed by atoms with Gasteiger partial charge in [0.1, 0.15) is 5.82 Å². The molecule has 0 N–H and O–H groups in total. The molecule has 0 aliphatic carbocycles. The quantitative estimate of drug-likeness (QED) is 0.556. The van der Waals surface area contributed by atoms with E-state index in [2.05, 4.69) is 17.0 Å². The van der Waals surface area contributed by atoms with E-state index in [9.17, 15) is 14.0 Å². The molecule has 2 aliphatic rings. The van der Waals surface area contributed by atoms with E-state index < -0.39 is 6.04 Å².